The number of benzene rings is 1. The van der Waals surface area contributed by atoms with Gasteiger partial charge in [-0.25, -0.2) is 9.50 Å². The average Bonchev–Trinajstić information content (AvgIpc) is 2.78. The minimum Gasteiger partial charge on any atom is -0.371 e. The number of rotatable bonds is 3. The second-order valence-corrected chi connectivity index (χ2v) is 4.81. The van der Waals surface area contributed by atoms with Crippen LogP contribution in [0.5, 0.6) is 0 Å². The van der Waals surface area contributed by atoms with E-state index in [2.05, 4.69) is 27.5 Å². The van der Waals surface area contributed by atoms with E-state index in [0.29, 0.717) is 0 Å². The largest absolute Gasteiger partial charge is 0.371 e. The van der Waals surface area contributed by atoms with Gasteiger partial charge >= 0.3 is 0 Å². The standard InChI is InChI=1S/C13H12N4S/c1-14-12-11(18-10-6-3-2-4-7-10)13-15-8-5-9-17(13)16-12/h2-9H,1H3,(H,14,16). The van der Waals surface area contributed by atoms with Crippen molar-refractivity contribution in [2.75, 3.05) is 12.4 Å². The van der Waals surface area contributed by atoms with E-state index in [4.69, 9.17) is 0 Å². The molecule has 0 aliphatic heterocycles. The van der Waals surface area contributed by atoms with Crippen LogP contribution in [0.3, 0.4) is 0 Å². The van der Waals surface area contributed by atoms with Crippen molar-refractivity contribution < 1.29 is 0 Å². The predicted molar refractivity (Wildman–Crippen MR) is 73.1 cm³/mol. The highest BCUT2D eigenvalue weighted by molar-refractivity contribution is 7.99. The first kappa shape index (κ1) is 11.1. The molecule has 0 amide bonds. The van der Waals surface area contributed by atoms with Gasteiger partial charge in [0.2, 0.25) is 0 Å². The summed E-state index contributed by atoms with van der Waals surface area (Å²) in [4.78, 5) is 6.61. The first-order valence-corrected chi connectivity index (χ1v) is 6.44. The third-order valence-corrected chi connectivity index (χ3v) is 3.64. The minimum absolute atomic E-state index is 0.850. The fraction of sp³-hybridized carbons (Fsp3) is 0.0769. The molecule has 90 valence electrons. The number of hydrogen-bond acceptors (Lipinski definition) is 4. The van der Waals surface area contributed by atoms with Crippen LogP contribution in [0.4, 0.5) is 5.82 Å². The number of fused-ring (bicyclic) bond motifs is 1. The summed E-state index contributed by atoms with van der Waals surface area (Å²) in [5.74, 6) is 0.850. The van der Waals surface area contributed by atoms with Gasteiger partial charge in [0.15, 0.2) is 11.5 Å². The van der Waals surface area contributed by atoms with Crippen molar-refractivity contribution in [3.8, 4) is 0 Å². The Labute approximate surface area is 109 Å². The maximum absolute atomic E-state index is 4.45. The Hall–Kier alpha value is -2.01. The Kier molecular flexibility index (Phi) is 2.90. The van der Waals surface area contributed by atoms with Gasteiger partial charge in [0.25, 0.3) is 0 Å². The lowest BCUT2D eigenvalue weighted by Gasteiger charge is -2.01. The Bertz CT molecular complexity index is 663. The lowest BCUT2D eigenvalue weighted by molar-refractivity contribution is 0.941. The minimum atomic E-state index is 0.850. The summed E-state index contributed by atoms with van der Waals surface area (Å²) in [6.07, 6.45) is 3.68. The van der Waals surface area contributed by atoms with E-state index < -0.39 is 0 Å². The van der Waals surface area contributed by atoms with E-state index in [-0.39, 0.29) is 0 Å². The molecule has 0 unspecified atom stereocenters. The fourth-order valence-corrected chi connectivity index (χ4v) is 2.74. The topological polar surface area (TPSA) is 42.2 Å². The smallest absolute Gasteiger partial charge is 0.171 e. The first-order chi connectivity index (χ1) is 8.88. The van der Waals surface area contributed by atoms with Crippen LogP contribution >= 0.6 is 11.8 Å². The molecule has 18 heavy (non-hydrogen) atoms. The van der Waals surface area contributed by atoms with E-state index in [1.165, 1.54) is 4.90 Å². The zero-order valence-corrected chi connectivity index (χ0v) is 10.7. The summed E-state index contributed by atoms with van der Waals surface area (Å²) in [6, 6.07) is 12.1. The van der Waals surface area contributed by atoms with Crippen LogP contribution < -0.4 is 5.32 Å². The van der Waals surface area contributed by atoms with Crippen molar-refractivity contribution in [2.45, 2.75) is 9.79 Å². The molecule has 0 saturated heterocycles. The molecule has 0 aliphatic rings. The van der Waals surface area contributed by atoms with E-state index in [1.807, 2.05) is 37.5 Å². The second-order valence-electron chi connectivity index (χ2n) is 3.73. The molecule has 2 heterocycles. The van der Waals surface area contributed by atoms with E-state index >= 15 is 0 Å². The van der Waals surface area contributed by atoms with E-state index in [9.17, 15) is 0 Å². The zero-order chi connectivity index (χ0) is 12.4. The second kappa shape index (κ2) is 4.70. The van der Waals surface area contributed by atoms with Gasteiger partial charge in [-0.1, -0.05) is 30.0 Å². The Morgan fingerprint density at radius 2 is 2.00 bits per heavy atom. The number of anilines is 1. The van der Waals surface area contributed by atoms with Gasteiger partial charge in [0, 0.05) is 24.3 Å². The highest BCUT2D eigenvalue weighted by atomic mass is 32.2. The summed E-state index contributed by atoms with van der Waals surface area (Å²) in [5, 5.41) is 7.56. The summed E-state index contributed by atoms with van der Waals surface area (Å²) in [7, 11) is 1.87. The van der Waals surface area contributed by atoms with Gasteiger partial charge in [0.05, 0.1) is 0 Å². The van der Waals surface area contributed by atoms with Crippen molar-refractivity contribution >= 4 is 23.2 Å². The molecule has 2 aromatic heterocycles. The highest BCUT2D eigenvalue weighted by Gasteiger charge is 2.13. The van der Waals surface area contributed by atoms with Crippen LogP contribution in [0, 0.1) is 0 Å². The molecule has 4 nitrogen and oxygen atoms in total. The molecule has 1 aromatic carbocycles. The maximum atomic E-state index is 4.45. The van der Waals surface area contributed by atoms with Crippen molar-refractivity contribution in [3.05, 3.63) is 48.8 Å². The molecule has 3 aromatic rings. The number of nitrogens with zero attached hydrogens (tertiary/aromatic N) is 3. The maximum Gasteiger partial charge on any atom is 0.171 e. The van der Waals surface area contributed by atoms with Gasteiger partial charge < -0.3 is 5.32 Å². The summed E-state index contributed by atoms with van der Waals surface area (Å²) in [6.45, 7) is 0. The molecule has 1 N–H and O–H groups in total. The van der Waals surface area contributed by atoms with Crippen molar-refractivity contribution in [2.24, 2.45) is 0 Å². The van der Waals surface area contributed by atoms with Crippen molar-refractivity contribution in [1.29, 1.82) is 0 Å². The molecule has 5 heteroatoms. The predicted octanol–water partition coefficient (Wildman–Crippen LogP) is 2.92. The van der Waals surface area contributed by atoms with E-state index in [1.54, 1.807) is 22.5 Å². The molecule has 0 fully saturated rings. The number of aromatic nitrogens is 3. The van der Waals surface area contributed by atoms with Gasteiger partial charge in [-0.2, -0.15) is 0 Å². The highest BCUT2D eigenvalue weighted by Crippen LogP contribution is 2.35. The molecule has 0 aliphatic carbocycles. The SMILES string of the molecule is CNc1nn2cccnc2c1Sc1ccccc1. The zero-order valence-electron chi connectivity index (χ0n) is 9.87. The van der Waals surface area contributed by atoms with Gasteiger partial charge in [0.1, 0.15) is 4.90 Å². The van der Waals surface area contributed by atoms with Crippen LogP contribution in [-0.4, -0.2) is 21.6 Å². The van der Waals surface area contributed by atoms with Crippen molar-refractivity contribution in [3.63, 3.8) is 0 Å². The van der Waals surface area contributed by atoms with Crippen LogP contribution in [-0.2, 0) is 0 Å². The van der Waals surface area contributed by atoms with Gasteiger partial charge in [-0.05, 0) is 18.2 Å². The Morgan fingerprint density at radius 1 is 1.17 bits per heavy atom. The van der Waals surface area contributed by atoms with Gasteiger partial charge in [-0.15, -0.1) is 5.10 Å². The Morgan fingerprint density at radius 3 is 2.78 bits per heavy atom. The molecule has 0 radical (unpaired) electrons. The molecular weight excluding hydrogens is 244 g/mol. The summed E-state index contributed by atoms with van der Waals surface area (Å²) in [5.41, 5.74) is 0.871. The Balaban J connectivity index is 2.10. The lowest BCUT2D eigenvalue weighted by atomic mass is 10.4. The molecule has 3 rings (SSSR count). The summed E-state index contributed by atoms with van der Waals surface area (Å²) >= 11 is 1.67. The summed E-state index contributed by atoms with van der Waals surface area (Å²) < 4.78 is 1.79. The van der Waals surface area contributed by atoms with E-state index in [0.717, 1.165) is 16.4 Å². The van der Waals surface area contributed by atoms with Crippen LogP contribution in [0.1, 0.15) is 0 Å². The number of nitrogens with one attached hydrogen (secondary N) is 1. The fourth-order valence-electron chi connectivity index (χ4n) is 1.73. The van der Waals surface area contributed by atoms with Gasteiger partial charge in [-0.3, -0.25) is 0 Å². The van der Waals surface area contributed by atoms with Crippen LogP contribution in [0.25, 0.3) is 5.65 Å². The normalized spacial score (nSPS) is 10.7. The molecule has 0 saturated carbocycles. The monoisotopic (exact) mass is 256 g/mol. The molecular formula is C13H12N4S. The van der Waals surface area contributed by atoms with Crippen LogP contribution in [0.15, 0.2) is 58.6 Å². The quantitative estimate of drug-likeness (QED) is 0.782. The molecule has 0 atom stereocenters. The number of hydrogen-bond donors (Lipinski definition) is 1. The van der Waals surface area contributed by atoms with Crippen LogP contribution in [0.2, 0.25) is 0 Å². The third kappa shape index (κ3) is 1.93. The van der Waals surface area contributed by atoms with Crippen molar-refractivity contribution in [1.82, 2.24) is 14.6 Å². The average molecular weight is 256 g/mol. The first-order valence-electron chi connectivity index (χ1n) is 5.62. The lowest BCUT2D eigenvalue weighted by Crippen LogP contribution is -1.90. The molecule has 0 bridgehead atoms. The third-order valence-electron chi connectivity index (χ3n) is 2.55. The molecule has 0 spiro atoms.